The second kappa shape index (κ2) is 7.73. The van der Waals surface area contributed by atoms with E-state index in [0.717, 1.165) is 29.8 Å². The lowest BCUT2D eigenvalue weighted by atomic mass is 10.1. The minimum absolute atomic E-state index is 0.0318. The highest BCUT2D eigenvalue weighted by molar-refractivity contribution is 7.89. The zero-order valence-electron chi connectivity index (χ0n) is 17.6. The number of sulfonamides is 1. The van der Waals surface area contributed by atoms with Crippen molar-refractivity contribution in [1.29, 1.82) is 0 Å². The summed E-state index contributed by atoms with van der Waals surface area (Å²) in [5.74, 6) is 0.883. The Bertz CT molecular complexity index is 1660. The normalized spacial score (nSPS) is 14.1. The Balaban J connectivity index is 1.46. The van der Waals surface area contributed by atoms with Gasteiger partial charge in [-0.25, -0.2) is 23.1 Å². The molecule has 3 aromatic heterocycles. The van der Waals surface area contributed by atoms with Crippen molar-refractivity contribution in [3.8, 4) is 34.1 Å². The van der Waals surface area contributed by atoms with Crippen LogP contribution in [0.25, 0.3) is 39.7 Å². The number of primary sulfonamides is 1. The van der Waals surface area contributed by atoms with Crippen LogP contribution in [-0.2, 0) is 10.0 Å². The number of benzene rings is 2. The lowest BCUT2D eigenvalue weighted by Crippen LogP contribution is -2.11. The van der Waals surface area contributed by atoms with Gasteiger partial charge in [-0.2, -0.15) is 10.1 Å². The van der Waals surface area contributed by atoms with Crippen LogP contribution in [0.3, 0.4) is 0 Å². The predicted molar refractivity (Wildman–Crippen MR) is 126 cm³/mol. The molecule has 2 N–H and O–H groups in total. The van der Waals surface area contributed by atoms with Gasteiger partial charge < -0.3 is 4.52 Å². The molecule has 0 bridgehead atoms. The van der Waals surface area contributed by atoms with Gasteiger partial charge >= 0.3 is 0 Å². The van der Waals surface area contributed by atoms with Crippen LogP contribution in [0.1, 0.15) is 24.5 Å². The van der Waals surface area contributed by atoms with Crippen molar-refractivity contribution in [2.75, 3.05) is 0 Å². The SMILES string of the molecule is NS(=O)(=O)c1cccc(-c2noc(-c3cnn4c(C5CC5)cc(-c5ccc(Cl)cc5)nc34)n2)c1. The Morgan fingerprint density at radius 1 is 1.03 bits per heavy atom. The summed E-state index contributed by atoms with van der Waals surface area (Å²) in [6.45, 7) is 0. The molecule has 0 aliphatic heterocycles. The van der Waals surface area contributed by atoms with Gasteiger partial charge in [0, 0.05) is 27.8 Å². The lowest BCUT2D eigenvalue weighted by molar-refractivity contribution is 0.432. The Labute approximate surface area is 199 Å². The van der Waals surface area contributed by atoms with Crippen LogP contribution in [0.5, 0.6) is 0 Å². The van der Waals surface area contributed by atoms with Crippen LogP contribution in [0.4, 0.5) is 0 Å². The van der Waals surface area contributed by atoms with Gasteiger partial charge in [-0.1, -0.05) is 41.0 Å². The minimum Gasteiger partial charge on any atom is -0.333 e. The van der Waals surface area contributed by atoms with Gasteiger partial charge in [0.2, 0.25) is 15.8 Å². The number of aromatic nitrogens is 5. The Hall–Kier alpha value is -3.60. The molecule has 1 fully saturated rings. The third kappa shape index (κ3) is 3.75. The molecule has 34 heavy (non-hydrogen) atoms. The van der Waals surface area contributed by atoms with Crippen LogP contribution in [0.15, 0.2) is 70.2 Å². The fraction of sp³-hybridized carbons (Fsp3) is 0.130. The summed E-state index contributed by atoms with van der Waals surface area (Å²) in [6.07, 6.45) is 3.84. The summed E-state index contributed by atoms with van der Waals surface area (Å²) in [6, 6.07) is 15.6. The molecule has 11 heteroatoms. The van der Waals surface area contributed by atoms with E-state index < -0.39 is 10.0 Å². The highest BCUT2D eigenvalue weighted by atomic mass is 35.5. The summed E-state index contributed by atoms with van der Waals surface area (Å²) in [4.78, 5) is 9.29. The molecule has 0 unspecified atom stereocenters. The zero-order valence-corrected chi connectivity index (χ0v) is 19.2. The largest absolute Gasteiger partial charge is 0.333 e. The average molecular weight is 493 g/mol. The van der Waals surface area contributed by atoms with Gasteiger partial charge in [0.15, 0.2) is 5.65 Å². The topological polar surface area (TPSA) is 129 Å². The molecule has 1 saturated carbocycles. The summed E-state index contributed by atoms with van der Waals surface area (Å²) in [5.41, 5.74) is 4.45. The maximum Gasteiger partial charge on any atom is 0.263 e. The number of fused-ring (bicyclic) bond motifs is 1. The molecule has 5 aromatic rings. The third-order valence-corrected chi connectivity index (χ3v) is 6.88. The number of halogens is 1. The predicted octanol–water partition coefficient (Wildman–Crippen LogP) is 4.29. The van der Waals surface area contributed by atoms with E-state index in [1.807, 2.05) is 28.8 Å². The Morgan fingerprint density at radius 3 is 2.56 bits per heavy atom. The van der Waals surface area contributed by atoms with Crippen LogP contribution in [-0.4, -0.2) is 33.2 Å². The summed E-state index contributed by atoms with van der Waals surface area (Å²) < 4.78 is 30.7. The quantitative estimate of drug-likeness (QED) is 0.387. The van der Waals surface area contributed by atoms with Crippen molar-refractivity contribution in [2.24, 2.45) is 5.14 Å². The fourth-order valence-electron chi connectivity index (χ4n) is 3.84. The zero-order chi connectivity index (χ0) is 23.4. The highest BCUT2D eigenvalue weighted by Crippen LogP contribution is 2.42. The van der Waals surface area contributed by atoms with E-state index in [2.05, 4.69) is 21.3 Å². The van der Waals surface area contributed by atoms with Crippen LogP contribution < -0.4 is 5.14 Å². The van der Waals surface area contributed by atoms with Gasteiger partial charge in [-0.05, 0) is 43.2 Å². The van der Waals surface area contributed by atoms with Crippen molar-refractivity contribution in [1.82, 2.24) is 24.7 Å². The van der Waals surface area contributed by atoms with E-state index in [1.165, 1.54) is 12.1 Å². The molecular weight excluding hydrogens is 476 g/mol. The smallest absolute Gasteiger partial charge is 0.263 e. The maximum absolute atomic E-state index is 11.7. The number of nitrogens with zero attached hydrogens (tertiary/aromatic N) is 5. The molecule has 2 aromatic carbocycles. The van der Waals surface area contributed by atoms with Gasteiger partial charge in [0.05, 0.1) is 16.8 Å². The van der Waals surface area contributed by atoms with Crippen LogP contribution >= 0.6 is 11.6 Å². The van der Waals surface area contributed by atoms with E-state index in [0.29, 0.717) is 27.7 Å². The minimum atomic E-state index is -3.86. The molecule has 0 amide bonds. The maximum atomic E-state index is 11.7. The molecule has 3 heterocycles. The molecule has 0 saturated heterocycles. The van der Waals surface area contributed by atoms with Gasteiger partial charge in [0.1, 0.15) is 5.56 Å². The van der Waals surface area contributed by atoms with Crippen LogP contribution in [0, 0.1) is 0 Å². The van der Waals surface area contributed by atoms with Crippen molar-refractivity contribution < 1.29 is 12.9 Å². The first-order valence-corrected chi connectivity index (χ1v) is 12.4. The number of rotatable bonds is 5. The van der Waals surface area contributed by atoms with E-state index in [1.54, 1.807) is 18.3 Å². The monoisotopic (exact) mass is 492 g/mol. The van der Waals surface area contributed by atoms with E-state index >= 15 is 0 Å². The van der Waals surface area contributed by atoms with E-state index in [4.69, 9.17) is 26.2 Å². The highest BCUT2D eigenvalue weighted by Gasteiger charge is 2.29. The summed E-state index contributed by atoms with van der Waals surface area (Å²) in [7, 11) is -3.86. The summed E-state index contributed by atoms with van der Waals surface area (Å²) in [5, 5.41) is 14.5. The second-order valence-corrected chi connectivity index (χ2v) is 10.1. The van der Waals surface area contributed by atoms with Gasteiger partial charge in [0.25, 0.3) is 5.89 Å². The molecule has 170 valence electrons. The molecule has 0 radical (unpaired) electrons. The van der Waals surface area contributed by atoms with Crippen molar-refractivity contribution in [3.63, 3.8) is 0 Å². The van der Waals surface area contributed by atoms with Gasteiger partial charge in [-0.15, -0.1) is 0 Å². The van der Waals surface area contributed by atoms with E-state index in [-0.39, 0.29) is 16.6 Å². The lowest BCUT2D eigenvalue weighted by Gasteiger charge is -2.08. The first-order valence-electron chi connectivity index (χ1n) is 10.5. The second-order valence-electron chi connectivity index (χ2n) is 8.14. The molecule has 0 spiro atoms. The first kappa shape index (κ1) is 21.0. The fourth-order valence-corrected chi connectivity index (χ4v) is 4.52. The molecule has 6 rings (SSSR count). The molecule has 9 nitrogen and oxygen atoms in total. The number of hydrogen-bond acceptors (Lipinski definition) is 7. The first-order chi connectivity index (χ1) is 16.4. The van der Waals surface area contributed by atoms with Crippen molar-refractivity contribution in [2.45, 2.75) is 23.7 Å². The van der Waals surface area contributed by atoms with Crippen LogP contribution in [0.2, 0.25) is 5.02 Å². The van der Waals surface area contributed by atoms with Crippen molar-refractivity contribution >= 4 is 27.3 Å². The standard InChI is InChI=1S/C23H17ClN6O3S/c24-16-8-6-13(7-9-16)19-11-20(14-4-5-14)30-22(27-19)18(12-26-30)23-28-21(29-33-23)15-2-1-3-17(10-15)34(25,31)32/h1-3,6-12,14H,4-5H2,(H2,25,31,32). The molecule has 1 aliphatic rings. The molecule has 1 aliphatic carbocycles. The average Bonchev–Trinajstić information content (AvgIpc) is 3.40. The van der Waals surface area contributed by atoms with Gasteiger partial charge in [-0.3, -0.25) is 0 Å². The van der Waals surface area contributed by atoms with E-state index in [9.17, 15) is 8.42 Å². The summed E-state index contributed by atoms with van der Waals surface area (Å²) >= 11 is 6.06. The number of nitrogens with two attached hydrogens (primary N) is 1. The van der Waals surface area contributed by atoms with Crippen molar-refractivity contribution in [3.05, 3.63) is 71.5 Å². The third-order valence-electron chi connectivity index (χ3n) is 5.71. The Morgan fingerprint density at radius 2 is 1.82 bits per heavy atom. The molecule has 0 atom stereocenters. The molecular formula is C23H17ClN6O3S. The Kier molecular flexibility index (Phi) is 4.76. The number of hydrogen-bond donors (Lipinski definition) is 1.